The van der Waals surface area contributed by atoms with E-state index in [-0.39, 0.29) is 11.8 Å². The smallest absolute Gasteiger partial charge is 0.263 e. The molecule has 5 nitrogen and oxygen atoms in total. The largest absolute Gasteiger partial charge is 0.355 e. The van der Waals surface area contributed by atoms with Gasteiger partial charge in [-0.1, -0.05) is 12.1 Å². The molecule has 7 heteroatoms. The van der Waals surface area contributed by atoms with Crippen LogP contribution < -0.4 is 10.6 Å². The minimum Gasteiger partial charge on any atom is -0.355 e. The molecule has 0 atom stereocenters. The summed E-state index contributed by atoms with van der Waals surface area (Å²) in [5.41, 5.74) is 3.20. The molecule has 2 amide bonds. The first-order chi connectivity index (χ1) is 12.1. The van der Waals surface area contributed by atoms with Gasteiger partial charge in [-0.15, -0.1) is 11.3 Å². The van der Waals surface area contributed by atoms with Crippen molar-refractivity contribution in [3.63, 3.8) is 0 Å². The number of amides is 2. The number of rotatable bonds is 5. The predicted octanol–water partition coefficient (Wildman–Crippen LogP) is 3.47. The second kappa shape index (κ2) is 7.58. The van der Waals surface area contributed by atoms with Crippen molar-refractivity contribution >= 4 is 34.5 Å². The summed E-state index contributed by atoms with van der Waals surface area (Å²) >= 11 is 3.00. The monoisotopic (exact) mass is 371 g/mol. The average molecular weight is 371 g/mol. The molecule has 0 radical (unpaired) electrons. The van der Waals surface area contributed by atoms with Crippen molar-refractivity contribution in [2.45, 2.75) is 13.5 Å². The molecule has 3 rings (SSSR count). The molecule has 128 valence electrons. The Hall–Kier alpha value is -2.51. The number of aryl methyl sites for hydroxylation is 1. The zero-order chi connectivity index (χ0) is 17.8. The van der Waals surface area contributed by atoms with Gasteiger partial charge in [0.2, 0.25) is 0 Å². The zero-order valence-electron chi connectivity index (χ0n) is 13.8. The van der Waals surface area contributed by atoms with Crippen LogP contribution in [0.5, 0.6) is 0 Å². The highest BCUT2D eigenvalue weighted by molar-refractivity contribution is 7.17. The Morgan fingerprint density at radius 2 is 2.04 bits per heavy atom. The van der Waals surface area contributed by atoms with E-state index in [0.717, 1.165) is 21.8 Å². The molecule has 0 bridgehead atoms. The van der Waals surface area contributed by atoms with Crippen LogP contribution in [0.2, 0.25) is 0 Å². The summed E-state index contributed by atoms with van der Waals surface area (Å²) in [5.74, 6) is -0.297. The van der Waals surface area contributed by atoms with Crippen LogP contribution in [-0.4, -0.2) is 23.8 Å². The molecule has 2 heterocycles. The van der Waals surface area contributed by atoms with Crippen LogP contribution in [0.25, 0.3) is 10.6 Å². The average Bonchev–Trinajstić information content (AvgIpc) is 3.28. The molecule has 1 aromatic carbocycles. The fourth-order valence-electron chi connectivity index (χ4n) is 2.35. The maximum atomic E-state index is 12.5. The van der Waals surface area contributed by atoms with Crippen molar-refractivity contribution < 1.29 is 9.59 Å². The van der Waals surface area contributed by atoms with Crippen LogP contribution in [0.1, 0.15) is 31.3 Å². The maximum Gasteiger partial charge on any atom is 0.263 e. The highest BCUT2D eigenvalue weighted by atomic mass is 32.1. The second-order valence-corrected chi connectivity index (χ2v) is 7.19. The minimum atomic E-state index is -0.151. The summed E-state index contributed by atoms with van der Waals surface area (Å²) in [4.78, 5) is 29.3. The molecule has 25 heavy (non-hydrogen) atoms. The van der Waals surface area contributed by atoms with Crippen molar-refractivity contribution in [1.29, 1.82) is 0 Å². The number of benzene rings is 1. The van der Waals surface area contributed by atoms with Crippen LogP contribution in [0, 0.1) is 6.92 Å². The van der Waals surface area contributed by atoms with Gasteiger partial charge in [0.1, 0.15) is 9.88 Å². The standard InChI is InChI=1S/C18H17N3O2S2/c1-11-15(25-18(21-11)14-6-7-24-10-14)17(23)20-9-12-4-3-5-13(8-12)16(22)19-2/h3-8,10H,9H2,1-2H3,(H,19,22)(H,20,23). The van der Waals surface area contributed by atoms with E-state index in [9.17, 15) is 9.59 Å². The number of hydrogen-bond donors (Lipinski definition) is 2. The van der Waals surface area contributed by atoms with Gasteiger partial charge in [-0.25, -0.2) is 4.98 Å². The molecule has 3 aromatic rings. The lowest BCUT2D eigenvalue weighted by molar-refractivity contribution is 0.0951. The zero-order valence-corrected chi connectivity index (χ0v) is 15.5. The summed E-state index contributed by atoms with van der Waals surface area (Å²) in [6.45, 7) is 2.20. The number of nitrogens with one attached hydrogen (secondary N) is 2. The van der Waals surface area contributed by atoms with Crippen LogP contribution in [0.3, 0.4) is 0 Å². The molecule has 0 aliphatic carbocycles. The number of thiophene rings is 1. The van der Waals surface area contributed by atoms with E-state index in [1.165, 1.54) is 11.3 Å². The van der Waals surface area contributed by atoms with Crippen molar-refractivity contribution in [2.75, 3.05) is 7.05 Å². The molecular weight excluding hydrogens is 354 g/mol. The van der Waals surface area contributed by atoms with Gasteiger partial charge in [0.25, 0.3) is 11.8 Å². The molecule has 0 saturated heterocycles. The Balaban J connectivity index is 1.70. The van der Waals surface area contributed by atoms with E-state index < -0.39 is 0 Å². The lowest BCUT2D eigenvalue weighted by Gasteiger charge is -2.06. The lowest BCUT2D eigenvalue weighted by atomic mass is 10.1. The number of carbonyl (C=O) groups is 2. The van der Waals surface area contributed by atoms with Crippen molar-refractivity contribution in [1.82, 2.24) is 15.6 Å². The van der Waals surface area contributed by atoms with Gasteiger partial charge >= 0.3 is 0 Å². The predicted molar refractivity (Wildman–Crippen MR) is 101 cm³/mol. The maximum absolute atomic E-state index is 12.5. The van der Waals surface area contributed by atoms with Gasteiger partial charge in [-0.05, 0) is 36.1 Å². The first-order valence-electron chi connectivity index (χ1n) is 7.67. The van der Waals surface area contributed by atoms with E-state index in [1.807, 2.05) is 29.8 Å². The van der Waals surface area contributed by atoms with Gasteiger partial charge in [0.05, 0.1) is 5.69 Å². The van der Waals surface area contributed by atoms with Gasteiger partial charge in [0.15, 0.2) is 0 Å². The Morgan fingerprint density at radius 3 is 2.76 bits per heavy atom. The summed E-state index contributed by atoms with van der Waals surface area (Å²) in [6.07, 6.45) is 0. The van der Waals surface area contributed by atoms with Crippen molar-refractivity contribution in [3.8, 4) is 10.6 Å². The number of hydrogen-bond acceptors (Lipinski definition) is 5. The Kier molecular flexibility index (Phi) is 5.25. The molecule has 0 aliphatic heterocycles. The molecule has 2 aromatic heterocycles. The molecular formula is C18H17N3O2S2. The Labute approximate surface area is 153 Å². The van der Waals surface area contributed by atoms with Gasteiger partial charge in [-0.2, -0.15) is 11.3 Å². The van der Waals surface area contributed by atoms with E-state index in [2.05, 4.69) is 15.6 Å². The van der Waals surface area contributed by atoms with Crippen LogP contribution in [0.4, 0.5) is 0 Å². The Bertz CT molecular complexity index is 901. The third-order valence-electron chi connectivity index (χ3n) is 3.64. The van der Waals surface area contributed by atoms with Crippen molar-refractivity contribution in [3.05, 3.63) is 62.8 Å². The van der Waals surface area contributed by atoms with Gasteiger partial charge in [-0.3, -0.25) is 9.59 Å². The third-order valence-corrected chi connectivity index (χ3v) is 5.53. The van der Waals surface area contributed by atoms with E-state index in [1.54, 1.807) is 36.6 Å². The highest BCUT2D eigenvalue weighted by Gasteiger charge is 2.16. The molecule has 2 N–H and O–H groups in total. The topological polar surface area (TPSA) is 71.1 Å². The van der Waals surface area contributed by atoms with E-state index in [0.29, 0.717) is 17.0 Å². The molecule has 0 aliphatic rings. The van der Waals surface area contributed by atoms with Crippen LogP contribution >= 0.6 is 22.7 Å². The van der Waals surface area contributed by atoms with Crippen LogP contribution in [0.15, 0.2) is 41.1 Å². The summed E-state index contributed by atoms with van der Waals surface area (Å²) in [7, 11) is 1.59. The molecule has 0 spiro atoms. The minimum absolute atomic E-state index is 0.146. The van der Waals surface area contributed by atoms with Crippen molar-refractivity contribution in [2.24, 2.45) is 0 Å². The molecule has 0 saturated carbocycles. The fraction of sp³-hybridized carbons (Fsp3) is 0.167. The summed E-state index contributed by atoms with van der Waals surface area (Å²) < 4.78 is 0. The van der Waals surface area contributed by atoms with Gasteiger partial charge in [0, 0.05) is 30.1 Å². The number of carbonyl (C=O) groups excluding carboxylic acids is 2. The van der Waals surface area contributed by atoms with Gasteiger partial charge < -0.3 is 10.6 Å². The number of thiazole rings is 1. The van der Waals surface area contributed by atoms with E-state index >= 15 is 0 Å². The SMILES string of the molecule is CNC(=O)c1cccc(CNC(=O)c2sc(-c3ccsc3)nc2C)c1. The van der Waals surface area contributed by atoms with E-state index in [4.69, 9.17) is 0 Å². The molecule has 0 fully saturated rings. The first-order valence-corrected chi connectivity index (χ1v) is 9.43. The quantitative estimate of drug-likeness (QED) is 0.721. The fourth-order valence-corrected chi connectivity index (χ4v) is 4.04. The molecule has 0 unspecified atom stereocenters. The number of aromatic nitrogens is 1. The Morgan fingerprint density at radius 1 is 1.20 bits per heavy atom. The first kappa shape index (κ1) is 17.3. The third kappa shape index (κ3) is 3.94. The lowest BCUT2D eigenvalue weighted by Crippen LogP contribution is -2.23. The second-order valence-electron chi connectivity index (χ2n) is 5.41. The normalized spacial score (nSPS) is 10.5. The summed E-state index contributed by atoms with van der Waals surface area (Å²) in [6, 6.07) is 9.19. The van der Waals surface area contributed by atoms with Crippen LogP contribution in [-0.2, 0) is 6.54 Å². The number of nitrogens with zero attached hydrogens (tertiary/aromatic N) is 1. The highest BCUT2D eigenvalue weighted by Crippen LogP contribution is 2.29. The summed E-state index contributed by atoms with van der Waals surface area (Å²) in [5, 5.41) is 10.4.